The molecule has 4 aliphatic rings. The predicted molar refractivity (Wildman–Crippen MR) is 640 cm³/mol. The van der Waals surface area contributed by atoms with Gasteiger partial charge in [-0.2, -0.15) is 0 Å². The molecule has 0 heterocycles. The van der Waals surface area contributed by atoms with Gasteiger partial charge in [0.25, 0.3) is 0 Å². The monoisotopic (exact) mass is 1890 g/mol. The van der Waals surface area contributed by atoms with E-state index in [1.54, 1.807) is 0 Å². The summed E-state index contributed by atoms with van der Waals surface area (Å²) in [6.45, 7) is 14.4. The summed E-state index contributed by atoms with van der Waals surface area (Å²) in [6.07, 6.45) is 7.11. The minimum Gasteiger partial charge on any atom is -0.0757 e. The highest BCUT2D eigenvalue weighted by Gasteiger charge is 2.41. The molecule has 0 fully saturated rings. The predicted octanol–water partition coefficient (Wildman–Crippen LogP) is 39.7. The Morgan fingerprint density at radius 1 is 0.128 bits per heavy atom. The van der Waals surface area contributed by atoms with E-state index in [0.29, 0.717) is 0 Å². The average molecular weight is 1890 g/mol. The molecule has 27 aromatic rings. The van der Waals surface area contributed by atoms with E-state index in [1.807, 2.05) is 0 Å². The second kappa shape index (κ2) is 34.1. The van der Waals surface area contributed by atoms with Crippen LogP contribution < -0.4 is 10.4 Å². The van der Waals surface area contributed by atoms with E-state index < -0.39 is 0 Å². The molecule has 0 unspecified atom stereocenters. The van der Waals surface area contributed by atoms with Crippen molar-refractivity contribution < 1.29 is 0 Å². The molecule has 0 saturated heterocycles. The molecule has 149 heavy (non-hydrogen) atoms. The molecule has 0 spiro atoms. The first kappa shape index (κ1) is 87.6. The van der Waals surface area contributed by atoms with Gasteiger partial charge in [0.05, 0.1) is 0 Å². The maximum Gasteiger partial charge on any atom is 0.0159 e. The fraction of sp³-hybridized carbons (Fsp3) is 0.0738. The van der Waals surface area contributed by atoms with E-state index >= 15 is 0 Å². The van der Waals surface area contributed by atoms with Crippen LogP contribution in [0.4, 0.5) is 0 Å². The van der Waals surface area contributed by atoms with Crippen molar-refractivity contribution in [1.82, 2.24) is 0 Å². The van der Waals surface area contributed by atoms with Crippen LogP contribution in [0.3, 0.4) is 0 Å². The van der Waals surface area contributed by atoms with Gasteiger partial charge in [0, 0.05) is 16.2 Å². The van der Waals surface area contributed by atoms with E-state index in [4.69, 9.17) is 0 Å². The van der Waals surface area contributed by atoms with Crippen LogP contribution in [0.5, 0.6) is 0 Å². The Balaban J connectivity index is 0.000000106. The third-order valence-corrected chi connectivity index (χ3v) is 34.0. The van der Waals surface area contributed by atoms with Gasteiger partial charge < -0.3 is 0 Å². The van der Waals surface area contributed by atoms with Crippen molar-refractivity contribution in [2.24, 2.45) is 0 Å². The molecular weight excluding hydrogens is 1790 g/mol. The lowest BCUT2D eigenvalue weighted by Gasteiger charge is -2.24. The third kappa shape index (κ3) is 14.1. The Labute approximate surface area is 867 Å². The highest BCUT2D eigenvalue weighted by Crippen LogP contribution is 2.59. The largest absolute Gasteiger partial charge is 0.0757 e. The summed E-state index contributed by atoms with van der Waals surface area (Å²) in [4.78, 5) is 0. The van der Waals surface area contributed by atoms with Crippen LogP contribution in [0.15, 0.2) is 485 Å². The highest BCUT2D eigenvalue weighted by molar-refractivity contribution is 6.26. The number of hydrogen-bond acceptors (Lipinski definition) is 0. The first-order valence-corrected chi connectivity index (χ1v) is 52.8. The number of benzene rings is 27. The molecular formula is C149H104. The van der Waals surface area contributed by atoms with Crippen molar-refractivity contribution in [3.05, 3.63) is 529 Å². The molecule has 0 atom stereocenters. The van der Waals surface area contributed by atoms with Gasteiger partial charge in [0.2, 0.25) is 0 Å². The molecule has 0 amide bonds. The van der Waals surface area contributed by atoms with Gasteiger partial charge in [-0.3, -0.25) is 0 Å². The van der Waals surface area contributed by atoms with Gasteiger partial charge in [-0.1, -0.05) is 448 Å². The second-order valence-electron chi connectivity index (χ2n) is 43.4. The summed E-state index contributed by atoms with van der Waals surface area (Å²) in [5.74, 6) is 0. The van der Waals surface area contributed by atoms with Crippen LogP contribution >= 0.6 is 0 Å². The van der Waals surface area contributed by atoms with Crippen molar-refractivity contribution in [3.8, 4) is 122 Å². The van der Waals surface area contributed by atoms with Gasteiger partial charge in [0.15, 0.2) is 0 Å². The molecule has 31 rings (SSSR count). The van der Waals surface area contributed by atoms with Crippen molar-refractivity contribution in [3.63, 3.8) is 0 Å². The van der Waals surface area contributed by atoms with Crippen LogP contribution in [-0.4, -0.2) is 0 Å². The van der Waals surface area contributed by atoms with Crippen molar-refractivity contribution in [1.29, 1.82) is 0 Å². The molecule has 0 saturated carbocycles. The molecule has 0 aromatic heterocycles. The summed E-state index contributed by atoms with van der Waals surface area (Å²) < 4.78 is 0. The summed E-state index contributed by atoms with van der Waals surface area (Å²) in [6, 6.07) is 182. The zero-order valence-corrected chi connectivity index (χ0v) is 84.3. The molecule has 4 aliphatic carbocycles. The second-order valence-corrected chi connectivity index (χ2v) is 43.4. The SMILES string of the molecule is CC1(C)c2cc(-c3ccc4ccccc4c3)ccc2-c2cc3c(-c4ccc5ccccc5c4)c4c(c(-c5ccc6ccccc6c5)c3cc21)=CCCC=4.CC1(C)c2cc(-c3cccc4ccccc34)ccc2-c2cc3c(-c4ccc5ccccc5c4)c4ccccc4c(-c4ccc5ccccc5c4)c3cc21.CC1(C)c2ccccc2-c2cc3c(-c4ccc5ccccc5c4)c4ccccc4c(-c4ccc5ccccc5c4)c3cc21. The Morgan fingerprint density at radius 2 is 0.349 bits per heavy atom. The third-order valence-electron chi connectivity index (χ3n) is 34.0. The molecule has 27 aromatic carbocycles. The Hall–Kier alpha value is -17.9. The zero-order valence-electron chi connectivity index (χ0n) is 84.3. The van der Waals surface area contributed by atoms with E-state index in [9.17, 15) is 0 Å². The van der Waals surface area contributed by atoms with Crippen LogP contribution in [0.1, 0.15) is 87.8 Å². The quantitative estimate of drug-likeness (QED) is 0.133. The first-order valence-electron chi connectivity index (χ1n) is 52.8. The Kier molecular flexibility index (Phi) is 20.1. The van der Waals surface area contributed by atoms with Crippen LogP contribution in [0.25, 0.3) is 275 Å². The van der Waals surface area contributed by atoms with E-state index in [2.05, 4.69) is 539 Å². The maximum atomic E-state index is 2.57. The zero-order chi connectivity index (χ0) is 99.2. The smallest absolute Gasteiger partial charge is 0.0159 e. The summed E-state index contributed by atoms with van der Waals surface area (Å²) in [5, 5.41) is 36.1. The first-order chi connectivity index (χ1) is 73.1. The number of fused-ring (bicyclic) bond motifs is 23. The van der Waals surface area contributed by atoms with Gasteiger partial charge >= 0.3 is 0 Å². The molecule has 0 nitrogen and oxygen atoms in total. The fourth-order valence-corrected chi connectivity index (χ4v) is 26.5. The number of hydrogen-bond donors (Lipinski definition) is 0. The maximum absolute atomic E-state index is 2.57. The molecule has 0 radical (unpaired) electrons. The van der Waals surface area contributed by atoms with Gasteiger partial charge in [-0.25, -0.2) is 0 Å². The standard InChI is InChI=1S/C53H38.C53H36.C43H30/c1-53(2)49-30-40(39-22-19-33-11-3-6-14-36(33)27-39)25-26-43(49)46-31-47-48(32-50(46)53)52(42-24-21-35-13-5-8-16-38(35)29-42)45-18-10-9-17-44(45)51(47)41-23-20-34-12-4-7-15-37(34)28-41;1-53(2)49-30-38(42-21-11-17-35-14-7-8-18-41(35)42)26-27-43(49)46-31-47-48(32-50(46)53)52(40-25-23-34-13-4-6-16-37(34)29-40)45-20-10-9-19-44(45)51(47)39-24-22-33-12-3-5-15-36(33)28-39;1-43(2)39-18-10-9-15-33(39)36-25-37-38(26-40(36)43)42(32-22-20-28-12-4-6-14-30(28)24-32)35-17-8-7-16-34(35)41(37)31-21-19-27-11-3-5-13-29(27)23-31/h3-8,11-32H,9-10H2,1-2H3;3-32H,1-2H3;3-26H,1-2H3. The van der Waals surface area contributed by atoms with Gasteiger partial charge in [-0.15, -0.1) is 0 Å². The van der Waals surface area contributed by atoms with E-state index in [1.165, 1.54) is 306 Å². The van der Waals surface area contributed by atoms with Crippen molar-refractivity contribution in [2.45, 2.75) is 70.6 Å². The molecule has 700 valence electrons. The molecule has 0 heteroatoms. The van der Waals surface area contributed by atoms with Gasteiger partial charge in [-0.05, 0) is 410 Å². The number of rotatable bonds is 8. The Bertz CT molecular complexity index is 10600. The lowest BCUT2D eigenvalue weighted by Crippen LogP contribution is -2.31. The highest BCUT2D eigenvalue weighted by atomic mass is 14.4. The topological polar surface area (TPSA) is 0 Å². The van der Waals surface area contributed by atoms with Crippen LogP contribution in [0.2, 0.25) is 0 Å². The minimum absolute atomic E-state index is 0.0739. The fourth-order valence-electron chi connectivity index (χ4n) is 26.5. The van der Waals surface area contributed by atoms with Crippen molar-refractivity contribution in [2.75, 3.05) is 0 Å². The lowest BCUT2D eigenvalue weighted by atomic mass is 9.79. The lowest BCUT2D eigenvalue weighted by molar-refractivity contribution is 0.661. The summed E-state index contributed by atoms with van der Waals surface area (Å²) in [5.41, 5.74) is 36.7. The Morgan fingerprint density at radius 3 is 0.711 bits per heavy atom. The van der Waals surface area contributed by atoms with Crippen molar-refractivity contribution >= 4 is 152 Å². The van der Waals surface area contributed by atoms with E-state index in [0.717, 1.165) is 12.8 Å². The van der Waals surface area contributed by atoms with Gasteiger partial charge in [0.1, 0.15) is 0 Å². The molecule has 0 aliphatic heterocycles. The average Bonchev–Trinajstić information content (AvgIpc) is 1.55. The minimum atomic E-state index is -0.186. The summed E-state index contributed by atoms with van der Waals surface area (Å²) >= 11 is 0. The normalized spacial score (nSPS) is 13.7. The van der Waals surface area contributed by atoms with Crippen LogP contribution in [-0.2, 0) is 16.2 Å². The summed E-state index contributed by atoms with van der Waals surface area (Å²) in [7, 11) is 0. The van der Waals surface area contributed by atoms with Crippen LogP contribution in [0, 0.1) is 0 Å². The van der Waals surface area contributed by atoms with E-state index in [-0.39, 0.29) is 16.2 Å². The molecule has 0 bridgehead atoms. The molecule has 0 N–H and O–H groups in total.